The summed E-state index contributed by atoms with van der Waals surface area (Å²) in [5.74, 6) is -0.609. The molecule has 0 radical (unpaired) electrons. The number of hydrogen-bond donors (Lipinski definition) is 0. The van der Waals surface area contributed by atoms with Gasteiger partial charge in [0.25, 0.3) is 11.5 Å². The Kier molecular flexibility index (Phi) is 7.08. The molecule has 4 heterocycles. The zero-order valence-electron chi connectivity index (χ0n) is 19.0. The Balaban J connectivity index is 1.75. The second kappa shape index (κ2) is 10.2. The molecule has 1 aliphatic heterocycles. The van der Waals surface area contributed by atoms with Gasteiger partial charge < -0.3 is 14.5 Å². The number of hydrogen-bond acceptors (Lipinski definition) is 7. The fraction of sp³-hybridized carbons (Fsp3) is 0.417. The summed E-state index contributed by atoms with van der Waals surface area (Å²) in [7, 11) is 0. The molecule has 9 heteroatoms. The predicted molar refractivity (Wildman–Crippen MR) is 129 cm³/mol. The minimum absolute atomic E-state index is 0.0109. The Hall–Kier alpha value is -3.20. The van der Waals surface area contributed by atoms with Crippen molar-refractivity contribution >= 4 is 39.9 Å². The number of unbranched alkanes of at least 4 members (excludes halogenated alkanes) is 1. The molecule has 0 N–H and O–H groups in total. The van der Waals surface area contributed by atoms with Crippen LogP contribution in [-0.2, 0) is 11.3 Å². The second-order valence-corrected chi connectivity index (χ2v) is 8.83. The fourth-order valence-electron chi connectivity index (χ4n) is 4.19. The quantitative estimate of drug-likeness (QED) is 0.494. The predicted octanol–water partition coefficient (Wildman–Crippen LogP) is 3.40. The van der Waals surface area contributed by atoms with Gasteiger partial charge in [0, 0.05) is 44.3 Å². The smallest absolute Gasteiger partial charge is 0.345 e. The molecule has 1 fully saturated rings. The highest BCUT2D eigenvalue weighted by Crippen LogP contribution is 2.30. The van der Waals surface area contributed by atoms with Gasteiger partial charge in [-0.1, -0.05) is 19.4 Å². The molecular weight excluding hydrogens is 440 g/mol. The zero-order valence-corrected chi connectivity index (χ0v) is 19.8. The normalized spacial score (nSPS) is 14.0. The second-order valence-electron chi connectivity index (χ2n) is 7.89. The van der Waals surface area contributed by atoms with E-state index in [-0.39, 0.29) is 23.6 Å². The number of carbonyl (C=O) groups is 2. The van der Waals surface area contributed by atoms with Crippen LogP contribution in [0.25, 0.3) is 11.0 Å². The Labute approximate surface area is 196 Å². The molecule has 1 amide bonds. The van der Waals surface area contributed by atoms with E-state index in [4.69, 9.17) is 4.74 Å². The summed E-state index contributed by atoms with van der Waals surface area (Å²) in [5, 5.41) is 2.64. The van der Waals surface area contributed by atoms with Crippen molar-refractivity contribution in [2.45, 2.75) is 33.2 Å². The van der Waals surface area contributed by atoms with Crippen molar-refractivity contribution in [3.8, 4) is 0 Å². The number of rotatable bonds is 7. The van der Waals surface area contributed by atoms with Gasteiger partial charge >= 0.3 is 5.97 Å². The summed E-state index contributed by atoms with van der Waals surface area (Å²) >= 11 is 1.43. The highest BCUT2D eigenvalue weighted by molar-refractivity contribution is 7.12. The molecule has 0 atom stereocenters. The van der Waals surface area contributed by atoms with E-state index in [2.05, 4.69) is 11.9 Å². The molecule has 33 heavy (non-hydrogen) atoms. The number of aryl methyl sites for hydroxylation is 1. The van der Waals surface area contributed by atoms with Crippen molar-refractivity contribution in [2.75, 3.05) is 37.7 Å². The van der Waals surface area contributed by atoms with Crippen LogP contribution in [0, 0.1) is 0 Å². The summed E-state index contributed by atoms with van der Waals surface area (Å²) in [6, 6.07) is 7.40. The molecule has 0 bridgehead atoms. The standard InChI is InChI=1S/C24H28N4O4S/c1-3-5-11-28-21-17(8-6-10-25-21)20(19(23(28)30)24(31)32-4-2)26-12-14-27(15-13-26)22(29)18-9-7-16-33-18/h6-10,16H,3-5,11-15H2,1-2H3. The third kappa shape index (κ3) is 4.50. The fourth-order valence-corrected chi connectivity index (χ4v) is 4.88. The first-order valence-electron chi connectivity index (χ1n) is 11.3. The Morgan fingerprint density at radius 3 is 2.58 bits per heavy atom. The third-order valence-electron chi connectivity index (χ3n) is 5.82. The molecule has 0 aromatic carbocycles. The van der Waals surface area contributed by atoms with Crippen LogP contribution in [0.4, 0.5) is 5.69 Å². The summed E-state index contributed by atoms with van der Waals surface area (Å²) < 4.78 is 6.88. The number of fused-ring (bicyclic) bond motifs is 1. The van der Waals surface area contributed by atoms with Crippen LogP contribution in [-0.4, -0.2) is 59.1 Å². The molecule has 0 spiro atoms. The number of ether oxygens (including phenoxy) is 1. The first-order chi connectivity index (χ1) is 16.1. The first kappa shape index (κ1) is 23.0. The number of pyridine rings is 2. The van der Waals surface area contributed by atoms with E-state index in [9.17, 15) is 14.4 Å². The monoisotopic (exact) mass is 468 g/mol. The molecule has 0 unspecified atom stereocenters. The average Bonchev–Trinajstić information content (AvgIpc) is 3.38. The van der Waals surface area contributed by atoms with Gasteiger partial charge in [-0.25, -0.2) is 9.78 Å². The van der Waals surface area contributed by atoms with Crippen molar-refractivity contribution in [1.82, 2.24) is 14.5 Å². The average molecular weight is 469 g/mol. The molecule has 3 aromatic rings. The van der Waals surface area contributed by atoms with Gasteiger partial charge in [-0.2, -0.15) is 0 Å². The van der Waals surface area contributed by atoms with Crippen molar-refractivity contribution in [1.29, 1.82) is 0 Å². The van der Waals surface area contributed by atoms with E-state index in [1.54, 1.807) is 17.7 Å². The maximum atomic E-state index is 13.5. The summed E-state index contributed by atoms with van der Waals surface area (Å²) in [6.45, 7) is 6.46. The SMILES string of the molecule is CCCCn1c(=O)c(C(=O)OCC)c(N2CCN(C(=O)c3cccs3)CC2)c2cccnc21. The number of nitrogens with zero attached hydrogens (tertiary/aromatic N) is 4. The van der Waals surface area contributed by atoms with Crippen LogP contribution in [0.5, 0.6) is 0 Å². The van der Waals surface area contributed by atoms with E-state index < -0.39 is 5.97 Å². The lowest BCUT2D eigenvalue weighted by atomic mass is 10.1. The maximum absolute atomic E-state index is 13.5. The van der Waals surface area contributed by atoms with Crippen LogP contribution in [0.15, 0.2) is 40.6 Å². The Morgan fingerprint density at radius 2 is 1.91 bits per heavy atom. The minimum Gasteiger partial charge on any atom is -0.462 e. The molecule has 8 nitrogen and oxygen atoms in total. The lowest BCUT2D eigenvalue weighted by molar-refractivity contribution is 0.0523. The summed E-state index contributed by atoms with van der Waals surface area (Å²) in [6.07, 6.45) is 3.38. The number of carbonyl (C=O) groups excluding carboxylic acids is 2. The number of piperazine rings is 1. The number of aromatic nitrogens is 2. The van der Waals surface area contributed by atoms with Gasteiger partial charge in [0.15, 0.2) is 0 Å². The van der Waals surface area contributed by atoms with Crippen molar-refractivity contribution < 1.29 is 14.3 Å². The van der Waals surface area contributed by atoms with E-state index in [0.29, 0.717) is 48.9 Å². The van der Waals surface area contributed by atoms with Crippen LogP contribution >= 0.6 is 11.3 Å². The van der Waals surface area contributed by atoms with E-state index in [1.165, 1.54) is 11.3 Å². The van der Waals surface area contributed by atoms with E-state index >= 15 is 0 Å². The van der Waals surface area contributed by atoms with Crippen LogP contribution in [0.3, 0.4) is 0 Å². The summed E-state index contributed by atoms with van der Waals surface area (Å²) in [4.78, 5) is 48.3. The van der Waals surface area contributed by atoms with Crippen molar-refractivity contribution in [2.24, 2.45) is 0 Å². The molecule has 1 saturated heterocycles. The highest BCUT2D eigenvalue weighted by Gasteiger charge is 2.30. The molecule has 4 rings (SSSR count). The topological polar surface area (TPSA) is 84.7 Å². The van der Waals surface area contributed by atoms with E-state index in [1.807, 2.05) is 39.4 Å². The van der Waals surface area contributed by atoms with Gasteiger partial charge in [0.1, 0.15) is 11.2 Å². The highest BCUT2D eigenvalue weighted by atomic mass is 32.1. The van der Waals surface area contributed by atoms with E-state index in [0.717, 1.165) is 18.2 Å². The molecule has 3 aromatic heterocycles. The zero-order chi connectivity index (χ0) is 23.4. The molecule has 174 valence electrons. The van der Waals surface area contributed by atoms with Gasteiger partial charge in [0.05, 0.1) is 17.2 Å². The maximum Gasteiger partial charge on any atom is 0.345 e. The first-order valence-corrected chi connectivity index (χ1v) is 12.2. The molecule has 0 saturated carbocycles. The number of esters is 1. The molecule has 1 aliphatic rings. The lowest BCUT2D eigenvalue weighted by Gasteiger charge is -2.37. The van der Waals surface area contributed by atoms with Crippen LogP contribution < -0.4 is 10.5 Å². The minimum atomic E-state index is -0.620. The van der Waals surface area contributed by atoms with Gasteiger partial charge in [-0.3, -0.25) is 14.2 Å². The number of anilines is 1. The van der Waals surface area contributed by atoms with Crippen LogP contribution in [0.1, 0.15) is 46.7 Å². The lowest BCUT2D eigenvalue weighted by Crippen LogP contribution is -2.49. The van der Waals surface area contributed by atoms with Crippen molar-refractivity contribution in [3.05, 3.63) is 56.6 Å². The third-order valence-corrected chi connectivity index (χ3v) is 6.68. The Morgan fingerprint density at radius 1 is 1.12 bits per heavy atom. The van der Waals surface area contributed by atoms with Gasteiger partial charge in [-0.05, 0) is 36.9 Å². The summed E-state index contributed by atoms with van der Waals surface area (Å²) in [5.41, 5.74) is 0.792. The molecular formula is C24H28N4O4S. The van der Waals surface area contributed by atoms with Gasteiger partial charge in [-0.15, -0.1) is 11.3 Å². The largest absolute Gasteiger partial charge is 0.462 e. The van der Waals surface area contributed by atoms with Crippen LogP contribution in [0.2, 0.25) is 0 Å². The number of amides is 1. The Bertz CT molecular complexity index is 1200. The number of thiophene rings is 1. The van der Waals surface area contributed by atoms with Gasteiger partial charge in [0.2, 0.25) is 0 Å². The molecule has 0 aliphatic carbocycles. The van der Waals surface area contributed by atoms with Crippen molar-refractivity contribution in [3.63, 3.8) is 0 Å².